The van der Waals surface area contributed by atoms with Crippen LogP contribution >= 0.6 is 0 Å². The molecule has 0 N–H and O–H groups in total. The summed E-state index contributed by atoms with van der Waals surface area (Å²) in [5.41, 5.74) is 1.60. The minimum atomic E-state index is -4.68. The summed E-state index contributed by atoms with van der Waals surface area (Å²) in [6.07, 6.45) is -1.09. The number of aryl methyl sites for hydroxylation is 1. The molecule has 132 valence electrons. The van der Waals surface area contributed by atoms with E-state index in [1.807, 2.05) is 31.2 Å². The molecule has 0 saturated carbocycles. The molecule has 0 spiro atoms. The molecule has 4 rings (SSSR count). The second kappa shape index (κ2) is 5.65. The number of aromatic nitrogens is 5. The lowest BCUT2D eigenvalue weighted by Crippen LogP contribution is -2.18. The van der Waals surface area contributed by atoms with Gasteiger partial charge in [0.25, 0.3) is 17.2 Å². The number of rotatable bonds is 2. The number of nitrogens with zero attached hydrogens (tertiary/aromatic N) is 5. The molecule has 6 nitrogen and oxygen atoms in total. The van der Waals surface area contributed by atoms with Crippen molar-refractivity contribution < 1.29 is 13.2 Å². The molecule has 0 unspecified atom stereocenters. The van der Waals surface area contributed by atoms with Crippen LogP contribution in [0.5, 0.6) is 0 Å². The fourth-order valence-electron chi connectivity index (χ4n) is 2.73. The van der Waals surface area contributed by atoms with E-state index in [2.05, 4.69) is 15.1 Å². The highest BCUT2D eigenvalue weighted by Crippen LogP contribution is 2.26. The average Bonchev–Trinajstić information content (AvgIpc) is 3.07. The third kappa shape index (κ3) is 2.52. The first-order valence-electron chi connectivity index (χ1n) is 7.82. The SMILES string of the molecule is CCc1ccc(-n2ccc3c(cnc4nc(C(F)(F)F)nn43)c2=O)cc1. The third-order valence-electron chi connectivity index (χ3n) is 4.11. The molecule has 3 aromatic heterocycles. The van der Waals surface area contributed by atoms with Crippen LogP contribution in [0.2, 0.25) is 0 Å². The summed E-state index contributed by atoms with van der Waals surface area (Å²) in [6.45, 7) is 2.03. The first kappa shape index (κ1) is 16.2. The highest BCUT2D eigenvalue weighted by atomic mass is 19.4. The van der Waals surface area contributed by atoms with E-state index in [1.165, 1.54) is 23.0 Å². The lowest BCUT2D eigenvalue weighted by Gasteiger charge is -2.08. The quantitative estimate of drug-likeness (QED) is 0.552. The van der Waals surface area contributed by atoms with Crippen molar-refractivity contribution in [3.05, 3.63) is 64.5 Å². The molecule has 0 bridgehead atoms. The predicted octanol–water partition coefficient (Wildman–Crippen LogP) is 3.01. The van der Waals surface area contributed by atoms with Gasteiger partial charge in [0.1, 0.15) is 0 Å². The Labute approximate surface area is 144 Å². The first-order chi connectivity index (χ1) is 12.4. The molecular formula is C17H12F3N5O. The van der Waals surface area contributed by atoms with Crippen molar-refractivity contribution in [1.82, 2.24) is 24.1 Å². The summed E-state index contributed by atoms with van der Waals surface area (Å²) < 4.78 is 40.8. The van der Waals surface area contributed by atoms with Gasteiger partial charge in [0, 0.05) is 18.1 Å². The molecule has 0 aliphatic heterocycles. The Morgan fingerprint density at radius 2 is 1.85 bits per heavy atom. The van der Waals surface area contributed by atoms with Crippen LogP contribution in [0.25, 0.3) is 22.4 Å². The summed E-state index contributed by atoms with van der Waals surface area (Å²) >= 11 is 0. The number of fused-ring (bicyclic) bond motifs is 3. The van der Waals surface area contributed by atoms with E-state index in [1.54, 1.807) is 0 Å². The molecular weight excluding hydrogens is 347 g/mol. The van der Waals surface area contributed by atoms with Crippen molar-refractivity contribution in [2.45, 2.75) is 19.5 Å². The van der Waals surface area contributed by atoms with Crippen LogP contribution < -0.4 is 5.56 Å². The Hall–Kier alpha value is -3.23. The van der Waals surface area contributed by atoms with Crippen LogP contribution in [-0.2, 0) is 12.6 Å². The van der Waals surface area contributed by atoms with Gasteiger partial charge in [0.15, 0.2) is 0 Å². The van der Waals surface area contributed by atoms with Crippen LogP contribution in [0.15, 0.2) is 47.5 Å². The van der Waals surface area contributed by atoms with E-state index >= 15 is 0 Å². The van der Waals surface area contributed by atoms with Crippen molar-refractivity contribution in [2.24, 2.45) is 0 Å². The van der Waals surface area contributed by atoms with Crippen molar-refractivity contribution in [3.63, 3.8) is 0 Å². The van der Waals surface area contributed by atoms with Crippen molar-refractivity contribution >= 4 is 16.7 Å². The van der Waals surface area contributed by atoms with Gasteiger partial charge in [-0.3, -0.25) is 9.36 Å². The predicted molar refractivity (Wildman–Crippen MR) is 88.3 cm³/mol. The number of alkyl halides is 3. The number of halogens is 3. The topological polar surface area (TPSA) is 65.1 Å². The Morgan fingerprint density at radius 1 is 1.12 bits per heavy atom. The van der Waals surface area contributed by atoms with Gasteiger partial charge in [0.05, 0.1) is 10.9 Å². The second-order valence-electron chi connectivity index (χ2n) is 5.71. The van der Waals surface area contributed by atoms with Crippen molar-refractivity contribution in [2.75, 3.05) is 0 Å². The minimum Gasteiger partial charge on any atom is -0.284 e. The highest BCUT2D eigenvalue weighted by molar-refractivity contribution is 5.79. The van der Waals surface area contributed by atoms with Crippen molar-refractivity contribution in [3.8, 4) is 5.69 Å². The van der Waals surface area contributed by atoms with Gasteiger partial charge in [-0.15, -0.1) is 5.10 Å². The van der Waals surface area contributed by atoms with E-state index in [-0.39, 0.29) is 16.7 Å². The minimum absolute atomic E-state index is 0.151. The van der Waals surface area contributed by atoms with Gasteiger partial charge >= 0.3 is 6.18 Å². The molecule has 9 heteroatoms. The van der Waals surface area contributed by atoms with Crippen molar-refractivity contribution in [1.29, 1.82) is 0 Å². The second-order valence-corrected chi connectivity index (χ2v) is 5.71. The van der Waals surface area contributed by atoms with Crippen LogP contribution in [-0.4, -0.2) is 24.1 Å². The van der Waals surface area contributed by atoms with Gasteiger partial charge in [-0.25, -0.2) is 4.98 Å². The third-order valence-corrected chi connectivity index (χ3v) is 4.11. The highest BCUT2D eigenvalue weighted by Gasteiger charge is 2.36. The Morgan fingerprint density at radius 3 is 2.50 bits per heavy atom. The zero-order valence-electron chi connectivity index (χ0n) is 13.5. The van der Waals surface area contributed by atoms with Gasteiger partial charge < -0.3 is 0 Å². The van der Waals surface area contributed by atoms with Gasteiger partial charge in [-0.05, 0) is 30.2 Å². The fourth-order valence-corrected chi connectivity index (χ4v) is 2.73. The van der Waals surface area contributed by atoms with Crippen LogP contribution in [0, 0.1) is 0 Å². The molecule has 0 saturated heterocycles. The number of benzene rings is 1. The maximum atomic E-state index is 12.8. The van der Waals surface area contributed by atoms with E-state index in [0.717, 1.165) is 16.5 Å². The molecule has 0 aliphatic rings. The summed E-state index contributed by atoms with van der Waals surface area (Å²) in [4.78, 5) is 20.0. The smallest absolute Gasteiger partial charge is 0.284 e. The van der Waals surface area contributed by atoms with Crippen LogP contribution in [0.1, 0.15) is 18.3 Å². The van der Waals surface area contributed by atoms with Crippen LogP contribution in [0.3, 0.4) is 0 Å². The molecule has 0 aliphatic carbocycles. The average molecular weight is 359 g/mol. The van der Waals surface area contributed by atoms with E-state index in [4.69, 9.17) is 0 Å². The van der Waals surface area contributed by atoms with E-state index < -0.39 is 17.6 Å². The molecule has 4 aromatic rings. The molecule has 3 heterocycles. The zero-order valence-corrected chi connectivity index (χ0v) is 13.5. The largest absolute Gasteiger partial charge is 0.453 e. The van der Waals surface area contributed by atoms with Crippen LogP contribution in [0.4, 0.5) is 13.2 Å². The Kier molecular flexibility index (Phi) is 3.53. The number of hydrogen-bond donors (Lipinski definition) is 0. The number of pyridine rings is 1. The lowest BCUT2D eigenvalue weighted by atomic mass is 10.1. The molecule has 26 heavy (non-hydrogen) atoms. The number of hydrogen-bond acceptors (Lipinski definition) is 4. The van der Waals surface area contributed by atoms with Gasteiger partial charge in [0.2, 0.25) is 0 Å². The molecule has 0 amide bonds. The lowest BCUT2D eigenvalue weighted by molar-refractivity contribution is -0.144. The summed E-state index contributed by atoms with van der Waals surface area (Å²) in [5.74, 6) is -1.51. The molecule has 0 radical (unpaired) electrons. The maximum absolute atomic E-state index is 12.8. The van der Waals surface area contributed by atoms with E-state index in [0.29, 0.717) is 5.69 Å². The monoisotopic (exact) mass is 359 g/mol. The molecule has 1 aromatic carbocycles. The standard InChI is InChI=1S/C17H12F3N5O/c1-2-10-3-5-11(6-4-10)24-8-7-13-12(14(24)26)9-21-16-22-15(17(18,19)20)23-25(13)16/h3-9H,2H2,1H3. The maximum Gasteiger partial charge on any atom is 0.453 e. The molecule has 0 fully saturated rings. The molecule has 0 atom stereocenters. The van der Waals surface area contributed by atoms with Gasteiger partial charge in [-0.2, -0.15) is 22.7 Å². The fraction of sp³-hybridized carbons (Fsp3) is 0.176. The van der Waals surface area contributed by atoms with E-state index in [9.17, 15) is 18.0 Å². The zero-order chi connectivity index (χ0) is 18.5. The Balaban J connectivity index is 1.92. The normalized spacial score (nSPS) is 12.2. The summed E-state index contributed by atoms with van der Waals surface area (Å²) in [7, 11) is 0. The summed E-state index contributed by atoms with van der Waals surface area (Å²) in [5, 5.41) is 3.60. The first-order valence-corrected chi connectivity index (χ1v) is 7.82. The van der Waals surface area contributed by atoms with Gasteiger partial charge in [-0.1, -0.05) is 19.1 Å². The Bertz CT molecular complexity index is 1180. The summed E-state index contributed by atoms with van der Waals surface area (Å²) in [6, 6.07) is 8.99.